The van der Waals surface area contributed by atoms with E-state index in [4.69, 9.17) is 26.8 Å². The van der Waals surface area contributed by atoms with Gasteiger partial charge < -0.3 is 37.0 Å². The van der Waals surface area contributed by atoms with E-state index in [-0.39, 0.29) is 18.8 Å². The number of hydrogen-bond acceptors (Lipinski definition) is 7. The third kappa shape index (κ3) is 18.3. The quantitative estimate of drug-likeness (QED) is 0.142. The third-order valence-electron chi connectivity index (χ3n) is 6.11. The molecule has 1 aromatic carbocycles. The number of carboxylic acids is 1. The summed E-state index contributed by atoms with van der Waals surface area (Å²) >= 11 is 0. The third-order valence-corrected chi connectivity index (χ3v) is 6.11. The topological polar surface area (TPSA) is 170 Å². The minimum atomic E-state index is -1.02. The lowest BCUT2D eigenvalue weighted by molar-refractivity contribution is -0.138. The van der Waals surface area contributed by atoms with Crippen molar-refractivity contribution in [2.75, 3.05) is 6.61 Å². The largest absolute Gasteiger partial charge is 0.508 e. The van der Waals surface area contributed by atoms with E-state index in [0.29, 0.717) is 6.42 Å². The molecule has 1 rings (SSSR count). The van der Waals surface area contributed by atoms with E-state index in [9.17, 15) is 15.0 Å². The van der Waals surface area contributed by atoms with E-state index in [1.807, 2.05) is 0 Å². The monoisotopic (exact) mass is 498 g/mol. The maximum atomic E-state index is 10.4. The Balaban J connectivity index is 0.000000750. The van der Waals surface area contributed by atoms with E-state index in [1.54, 1.807) is 12.1 Å². The Morgan fingerprint density at radius 2 is 1.29 bits per heavy atom. The summed E-state index contributed by atoms with van der Waals surface area (Å²) in [7, 11) is 0. The molecule has 0 heterocycles. The summed E-state index contributed by atoms with van der Waals surface area (Å²) < 4.78 is 0. The fourth-order valence-corrected chi connectivity index (χ4v) is 3.73. The normalized spacial score (nSPS) is 14.5. The second-order valence-electron chi connectivity index (χ2n) is 9.40. The van der Waals surface area contributed by atoms with Gasteiger partial charge in [0.05, 0.1) is 24.9 Å². The number of carbonyl (C=O) groups is 1. The van der Waals surface area contributed by atoms with Gasteiger partial charge in [0, 0.05) is 0 Å². The second-order valence-corrected chi connectivity index (χ2v) is 9.40. The molecule has 0 aliphatic carbocycles. The molecule has 4 unspecified atom stereocenters. The lowest BCUT2D eigenvalue weighted by Gasteiger charge is -2.22. The molecule has 0 aliphatic heterocycles. The average molecular weight is 499 g/mol. The number of phenols is 1. The Kier molecular flexibility index (Phi) is 20.5. The number of aliphatic hydroxyl groups is 3. The minimum Gasteiger partial charge on any atom is -0.508 e. The molecule has 8 heteroatoms. The number of carboxylic acid groups (broad SMARTS) is 1. The Morgan fingerprint density at radius 1 is 0.829 bits per heavy atom. The lowest BCUT2D eigenvalue weighted by Crippen LogP contribution is -2.45. The Morgan fingerprint density at radius 3 is 1.71 bits per heavy atom. The SMILES string of the molecule is CCCCCCCCCCCCCCC(O)C(O)C(N)CO.NC(Cc1ccc(O)cc1)C(=O)O. The van der Waals surface area contributed by atoms with Gasteiger partial charge in [0.2, 0.25) is 0 Å². The van der Waals surface area contributed by atoms with Crippen LogP contribution in [0.5, 0.6) is 5.75 Å². The summed E-state index contributed by atoms with van der Waals surface area (Å²) in [6.45, 7) is 1.96. The second kappa shape index (κ2) is 21.6. The number of aliphatic hydroxyl groups excluding tert-OH is 3. The molecule has 204 valence electrons. The fraction of sp³-hybridized carbons (Fsp3) is 0.741. The summed E-state index contributed by atoms with van der Waals surface area (Å²) in [6, 6.07) is 4.68. The average Bonchev–Trinajstić information content (AvgIpc) is 2.85. The van der Waals surface area contributed by atoms with Gasteiger partial charge in [-0.05, 0) is 30.5 Å². The van der Waals surface area contributed by atoms with Crippen molar-refractivity contribution in [3.8, 4) is 5.75 Å². The van der Waals surface area contributed by atoms with Crippen molar-refractivity contribution in [1.82, 2.24) is 0 Å². The molecule has 0 aromatic heterocycles. The number of aliphatic carboxylic acids is 1. The highest BCUT2D eigenvalue weighted by molar-refractivity contribution is 5.73. The molecule has 1 aromatic rings. The Labute approximate surface area is 211 Å². The summed E-state index contributed by atoms with van der Waals surface area (Å²) in [4.78, 5) is 10.4. The van der Waals surface area contributed by atoms with Crippen LogP contribution in [0.1, 0.15) is 96.0 Å². The van der Waals surface area contributed by atoms with Gasteiger partial charge in [0.25, 0.3) is 0 Å². The van der Waals surface area contributed by atoms with Gasteiger partial charge in [-0.1, -0.05) is 96.1 Å². The van der Waals surface area contributed by atoms with Crippen molar-refractivity contribution in [1.29, 1.82) is 0 Å². The van der Waals surface area contributed by atoms with E-state index >= 15 is 0 Å². The summed E-state index contributed by atoms with van der Waals surface area (Å²) in [5.41, 5.74) is 11.6. The molecule has 4 atom stereocenters. The molecular formula is C27H50N2O6. The van der Waals surface area contributed by atoms with E-state index < -0.39 is 30.3 Å². The maximum absolute atomic E-state index is 10.4. The summed E-state index contributed by atoms with van der Waals surface area (Å²) in [6.07, 6.45) is 14.4. The molecule has 0 spiro atoms. The molecule has 8 nitrogen and oxygen atoms in total. The highest BCUT2D eigenvalue weighted by Crippen LogP contribution is 2.14. The van der Waals surface area contributed by atoms with Gasteiger partial charge in [-0.3, -0.25) is 4.79 Å². The van der Waals surface area contributed by atoms with Crippen LogP contribution in [0.15, 0.2) is 24.3 Å². The number of benzene rings is 1. The van der Waals surface area contributed by atoms with Crippen molar-refractivity contribution < 1.29 is 30.3 Å². The van der Waals surface area contributed by atoms with Crippen molar-refractivity contribution in [2.24, 2.45) is 11.5 Å². The molecule has 0 amide bonds. The highest BCUT2D eigenvalue weighted by atomic mass is 16.4. The molecule has 0 aliphatic rings. The van der Waals surface area contributed by atoms with Crippen LogP contribution in [0.25, 0.3) is 0 Å². The van der Waals surface area contributed by atoms with E-state index in [1.165, 1.54) is 76.3 Å². The highest BCUT2D eigenvalue weighted by Gasteiger charge is 2.22. The van der Waals surface area contributed by atoms with Gasteiger partial charge >= 0.3 is 5.97 Å². The molecule has 0 fully saturated rings. The Hall–Kier alpha value is -1.71. The molecular weight excluding hydrogens is 448 g/mol. The van der Waals surface area contributed by atoms with Gasteiger partial charge in [0.1, 0.15) is 11.8 Å². The van der Waals surface area contributed by atoms with Gasteiger partial charge in [-0.25, -0.2) is 0 Å². The maximum Gasteiger partial charge on any atom is 0.320 e. The number of unbranched alkanes of at least 4 members (excludes halogenated alkanes) is 11. The van der Waals surface area contributed by atoms with Crippen molar-refractivity contribution >= 4 is 5.97 Å². The first-order valence-electron chi connectivity index (χ1n) is 13.2. The van der Waals surface area contributed by atoms with Crippen LogP contribution in [0.3, 0.4) is 0 Å². The van der Waals surface area contributed by atoms with Crippen LogP contribution in [-0.4, -0.2) is 62.4 Å². The zero-order valence-corrected chi connectivity index (χ0v) is 21.5. The zero-order valence-electron chi connectivity index (χ0n) is 21.5. The van der Waals surface area contributed by atoms with E-state index in [0.717, 1.165) is 18.4 Å². The number of nitrogens with two attached hydrogens (primary N) is 2. The number of hydrogen-bond donors (Lipinski definition) is 7. The first kappa shape index (κ1) is 33.3. The lowest BCUT2D eigenvalue weighted by atomic mass is 10.00. The summed E-state index contributed by atoms with van der Waals surface area (Å²) in [5.74, 6) is -0.860. The summed E-state index contributed by atoms with van der Waals surface area (Å²) in [5, 5.41) is 45.7. The van der Waals surface area contributed by atoms with Crippen LogP contribution in [0.2, 0.25) is 0 Å². The molecule has 0 radical (unpaired) electrons. The standard InChI is InChI=1S/C18H39NO3.C9H11NO3/c1-2-3-4-5-6-7-8-9-10-11-12-13-14-17(21)18(22)16(19)15-20;10-8(9(12)13)5-6-1-3-7(11)4-2-6/h16-18,20-22H,2-15,19H2,1H3;1-4,8,11H,5,10H2,(H,12,13). The van der Waals surface area contributed by atoms with Gasteiger partial charge in [-0.2, -0.15) is 0 Å². The first-order valence-corrected chi connectivity index (χ1v) is 13.2. The molecule has 35 heavy (non-hydrogen) atoms. The molecule has 0 saturated heterocycles. The molecule has 9 N–H and O–H groups in total. The molecule has 0 bridgehead atoms. The number of rotatable bonds is 19. The van der Waals surface area contributed by atoms with Crippen molar-refractivity contribution in [3.05, 3.63) is 29.8 Å². The van der Waals surface area contributed by atoms with Crippen molar-refractivity contribution in [3.63, 3.8) is 0 Å². The fourth-order valence-electron chi connectivity index (χ4n) is 3.73. The first-order chi connectivity index (χ1) is 16.7. The molecule has 0 saturated carbocycles. The number of phenolic OH excluding ortho intramolecular Hbond substituents is 1. The predicted molar refractivity (Wildman–Crippen MR) is 140 cm³/mol. The van der Waals surface area contributed by atoms with Crippen LogP contribution in [-0.2, 0) is 11.2 Å². The van der Waals surface area contributed by atoms with Gasteiger partial charge in [0.15, 0.2) is 0 Å². The number of aromatic hydroxyl groups is 1. The van der Waals surface area contributed by atoms with Gasteiger partial charge in [-0.15, -0.1) is 0 Å². The van der Waals surface area contributed by atoms with Crippen LogP contribution < -0.4 is 11.5 Å². The zero-order chi connectivity index (χ0) is 26.5. The van der Waals surface area contributed by atoms with Crippen LogP contribution in [0, 0.1) is 0 Å². The minimum absolute atomic E-state index is 0.160. The van der Waals surface area contributed by atoms with E-state index in [2.05, 4.69) is 6.92 Å². The van der Waals surface area contributed by atoms with Crippen LogP contribution >= 0.6 is 0 Å². The predicted octanol–water partition coefficient (Wildman–Crippen LogP) is 3.47. The van der Waals surface area contributed by atoms with Crippen molar-refractivity contribution in [2.45, 2.75) is 121 Å². The smallest absolute Gasteiger partial charge is 0.320 e. The van der Waals surface area contributed by atoms with Crippen LogP contribution in [0.4, 0.5) is 0 Å². The Bertz CT molecular complexity index is 629.